The Hall–Kier alpha value is -2.41. The summed E-state index contributed by atoms with van der Waals surface area (Å²) in [6.45, 7) is 2.31. The number of fused-ring (bicyclic) bond motifs is 1. The lowest BCUT2D eigenvalue weighted by molar-refractivity contribution is 0.173. The van der Waals surface area contributed by atoms with E-state index in [1.165, 1.54) is 4.88 Å². The predicted octanol–water partition coefficient (Wildman–Crippen LogP) is 2.26. The molecule has 128 valence electrons. The normalized spacial score (nSPS) is 13.0. The highest BCUT2D eigenvalue weighted by Crippen LogP contribution is 2.34. The van der Waals surface area contributed by atoms with Gasteiger partial charge in [0.15, 0.2) is 17.5 Å². The molecule has 2 aromatic rings. The first kappa shape index (κ1) is 16.4. The molecular formula is C17H21N3O3S. The minimum atomic E-state index is 0.272. The molecular weight excluding hydrogens is 326 g/mol. The van der Waals surface area contributed by atoms with Crippen molar-refractivity contribution in [3.63, 3.8) is 0 Å². The third-order valence-electron chi connectivity index (χ3n) is 3.47. The van der Waals surface area contributed by atoms with Crippen LogP contribution in [0.4, 0.5) is 0 Å². The van der Waals surface area contributed by atoms with E-state index >= 15 is 0 Å². The number of hydrogen-bond donors (Lipinski definition) is 2. The van der Waals surface area contributed by atoms with E-state index in [0.717, 1.165) is 36.2 Å². The molecule has 0 fully saturated rings. The summed E-state index contributed by atoms with van der Waals surface area (Å²) < 4.78 is 16.3. The number of guanidine groups is 1. The lowest BCUT2D eigenvalue weighted by Crippen LogP contribution is -2.40. The van der Waals surface area contributed by atoms with E-state index in [4.69, 9.17) is 14.2 Å². The Labute approximate surface area is 145 Å². The minimum Gasteiger partial charge on any atom is -0.492 e. The van der Waals surface area contributed by atoms with Gasteiger partial charge in [-0.15, -0.1) is 11.3 Å². The van der Waals surface area contributed by atoms with Crippen LogP contribution in [0.25, 0.3) is 0 Å². The van der Waals surface area contributed by atoms with Crippen LogP contribution in [0.1, 0.15) is 4.88 Å². The Morgan fingerprint density at radius 1 is 1.21 bits per heavy atom. The molecule has 1 aromatic heterocycles. The van der Waals surface area contributed by atoms with Crippen LogP contribution in [0.3, 0.4) is 0 Å². The van der Waals surface area contributed by atoms with Gasteiger partial charge in [-0.3, -0.25) is 4.99 Å². The standard InChI is InChI=1S/C17H21N3O3S/c1-18-17(19-7-6-14-3-2-10-24-14)20-8-9-21-13-4-5-15-16(11-13)23-12-22-15/h2-5,10-11H,6-9,12H2,1H3,(H2,18,19,20). The first-order valence-electron chi connectivity index (χ1n) is 7.84. The Kier molecular flexibility index (Phi) is 5.79. The SMILES string of the molecule is CN=C(NCCOc1ccc2c(c1)OCO2)NCCc1cccs1. The van der Waals surface area contributed by atoms with Crippen molar-refractivity contribution in [1.29, 1.82) is 0 Å². The monoisotopic (exact) mass is 347 g/mol. The fourth-order valence-corrected chi connectivity index (χ4v) is 2.99. The molecule has 6 nitrogen and oxygen atoms in total. The third kappa shape index (κ3) is 4.55. The molecule has 0 saturated carbocycles. The van der Waals surface area contributed by atoms with E-state index in [0.29, 0.717) is 13.2 Å². The summed E-state index contributed by atoms with van der Waals surface area (Å²) in [5, 5.41) is 8.62. The number of hydrogen-bond acceptors (Lipinski definition) is 5. The zero-order chi connectivity index (χ0) is 16.6. The van der Waals surface area contributed by atoms with Gasteiger partial charge < -0.3 is 24.8 Å². The van der Waals surface area contributed by atoms with Gasteiger partial charge in [-0.1, -0.05) is 6.07 Å². The van der Waals surface area contributed by atoms with E-state index in [-0.39, 0.29) is 6.79 Å². The van der Waals surface area contributed by atoms with E-state index in [2.05, 4.69) is 33.1 Å². The number of nitrogens with one attached hydrogen (secondary N) is 2. The summed E-state index contributed by atoms with van der Waals surface area (Å²) in [6.07, 6.45) is 0.992. The first-order chi connectivity index (χ1) is 11.8. The fourth-order valence-electron chi connectivity index (χ4n) is 2.28. The molecule has 1 aliphatic heterocycles. The molecule has 0 atom stereocenters. The van der Waals surface area contributed by atoms with Crippen LogP contribution in [0, 0.1) is 0 Å². The zero-order valence-corrected chi connectivity index (χ0v) is 14.4. The van der Waals surface area contributed by atoms with Crippen molar-refractivity contribution in [3.05, 3.63) is 40.6 Å². The highest BCUT2D eigenvalue weighted by molar-refractivity contribution is 7.09. The largest absolute Gasteiger partial charge is 0.492 e. The van der Waals surface area contributed by atoms with Gasteiger partial charge in [0.2, 0.25) is 6.79 Å². The molecule has 0 unspecified atom stereocenters. The van der Waals surface area contributed by atoms with Gasteiger partial charge in [-0.2, -0.15) is 0 Å². The molecule has 1 aromatic carbocycles. The van der Waals surface area contributed by atoms with E-state index in [1.54, 1.807) is 18.4 Å². The quantitative estimate of drug-likeness (QED) is 0.457. The Morgan fingerprint density at radius 3 is 2.92 bits per heavy atom. The highest BCUT2D eigenvalue weighted by atomic mass is 32.1. The van der Waals surface area contributed by atoms with Crippen LogP contribution in [-0.2, 0) is 6.42 Å². The molecule has 0 radical (unpaired) electrons. The average molecular weight is 347 g/mol. The number of aliphatic imine (C=N–C) groups is 1. The number of rotatable bonds is 7. The Balaban J connectivity index is 1.34. The van der Waals surface area contributed by atoms with Crippen molar-refractivity contribution in [2.75, 3.05) is 33.5 Å². The van der Waals surface area contributed by atoms with Crippen molar-refractivity contribution in [2.24, 2.45) is 4.99 Å². The van der Waals surface area contributed by atoms with Gasteiger partial charge in [0.25, 0.3) is 0 Å². The number of thiophene rings is 1. The van der Waals surface area contributed by atoms with Gasteiger partial charge in [0, 0.05) is 24.5 Å². The van der Waals surface area contributed by atoms with Gasteiger partial charge >= 0.3 is 0 Å². The lowest BCUT2D eigenvalue weighted by atomic mass is 10.3. The van der Waals surface area contributed by atoms with Crippen LogP contribution in [-0.4, -0.2) is 39.5 Å². The summed E-state index contributed by atoms with van der Waals surface area (Å²) in [6, 6.07) is 9.79. The molecule has 7 heteroatoms. The first-order valence-corrected chi connectivity index (χ1v) is 8.72. The van der Waals surface area contributed by atoms with E-state index < -0.39 is 0 Å². The third-order valence-corrected chi connectivity index (χ3v) is 4.41. The molecule has 2 N–H and O–H groups in total. The van der Waals surface area contributed by atoms with Crippen LogP contribution in [0.5, 0.6) is 17.2 Å². The van der Waals surface area contributed by atoms with Gasteiger partial charge in [-0.25, -0.2) is 0 Å². The predicted molar refractivity (Wildman–Crippen MR) is 95.4 cm³/mol. The van der Waals surface area contributed by atoms with Gasteiger partial charge in [-0.05, 0) is 30.0 Å². The molecule has 3 rings (SSSR count). The lowest BCUT2D eigenvalue weighted by Gasteiger charge is -2.12. The molecule has 0 spiro atoms. The molecule has 0 bridgehead atoms. The molecule has 1 aliphatic rings. The average Bonchev–Trinajstić information content (AvgIpc) is 3.27. The Bertz CT molecular complexity index is 674. The number of benzene rings is 1. The smallest absolute Gasteiger partial charge is 0.231 e. The summed E-state index contributed by atoms with van der Waals surface area (Å²) >= 11 is 1.77. The molecule has 2 heterocycles. The Morgan fingerprint density at radius 2 is 2.08 bits per heavy atom. The zero-order valence-electron chi connectivity index (χ0n) is 13.6. The summed E-state index contributed by atoms with van der Waals surface area (Å²) in [4.78, 5) is 5.57. The van der Waals surface area contributed by atoms with Gasteiger partial charge in [0.1, 0.15) is 12.4 Å². The van der Waals surface area contributed by atoms with Crippen molar-refractivity contribution in [2.45, 2.75) is 6.42 Å². The second-order valence-corrected chi connectivity index (χ2v) is 6.15. The van der Waals surface area contributed by atoms with Crippen molar-refractivity contribution < 1.29 is 14.2 Å². The maximum atomic E-state index is 5.71. The maximum Gasteiger partial charge on any atom is 0.231 e. The highest BCUT2D eigenvalue weighted by Gasteiger charge is 2.13. The molecule has 0 amide bonds. The molecule has 0 saturated heterocycles. The second-order valence-electron chi connectivity index (χ2n) is 5.12. The summed E-state index contributed by atoms with van der Waals surface area (Å²) in [5.74, 6) is 3.03. The van der Waals surface area contributed by atoms with Crippen LogP contribution < -0.4 is 24.8 Å². The van der Waals surface area contributed by atoms with E-state index in [1.807, 2.05) is 18.2 Å². The van der Waals surface area contributed by atoms with Crippen LogP contribution >= 0.6 is 11.3 Å². The second kappa shape index (κ2) is 8.44. The minimum absolute atomic E-state index is 0.272. The fraction of sp³-hybridized carbons (Fsp3) is 0.353. The number of ether oxygens (including phenoxy) is 3. The van der Waals surface area contributed by atoms with Gasteiger partial charge in [0.05, 0.1) is 6.54 Å². The van der Waals surface area contributed by atoms with Crippen molar-refractivity contribution in [1.82, 2.24) is 10.6 Å². The van der Waals surface area contributed by atoms with Crippen LogP contribution in [0.15, 0.2) is 40.7 Å². The van der Waals surface area contributed by atoms with Crippen molar-refractivity contribution in [3.8, 4) is 17.2 Å². The number of nitrogens with zero attached hydrogens (tertiary/aromatic N) is 1. The van der Waals surface area contributed by atoms with E-state index in [9.17, 15) is 0 Å². The maximum absolute atomic E-state index is 5.71. The summed E-state index contributed by atoms with van der Waals surface area (Å²) in [7, 11) is 1.76. The van der Waals surface area contributed by atoms with Crippen LogP contribution in [0.2, 0.25) is 0 Å². The topological polar surface area (TPSA) is 64.1 Å². The molecule has 24 heavy (non-hydrogen) atoms. The molecule has 0 aliphatic carbocycles. The van der Waals surface area contributed by atoms with Crippen molar-refractivity contribution >= 4 is 17.3 Å². The summed E-state index contributed by atoms with van der Waals surface area (Å²) in [5.41, 5.74) is 0.